The fraction of sp³-hybridized carbons (Fsp3) is 0.692. The van der Waals surface area contributed by atoms with Crippen LogP contribution < -0.4 is 10.2 Å². The Morgan fingerprint density at radius 2 is 2.28 bits per heavy atom. The minimum absolute atomic E-state index is 0.0476. The molecule has 0 amide bonds. The SMILES string of the molecule is CN(c1ncccn1)[C@H]1CO[C@@]2(CCCNC2)C1. The standard InChI is InChI=1S/C13H20N4O/c1-17(12-15-6-3-7-16-12)11-8-13(18-9-11)4-2-5-14-10-13/h3,6-7,11,14H,2,4-5,8-10H2,1H3/t11-,13+/m1/s1. The summed E-state index contributed by atoms with van der Waals surface area (Å²) in [6, 6.07) is 2.22. The molecule has 0 bridgehead atoms. The summed E-state index contributed by atoms with van der Waals surface area (Å²) in [5, 5.41) is 3.44. The minimum Gasteiger partial charge on any atom is -0.371 e. The number of anilines is 1. The van der Waals surface area contributed by atoms with Gasteiger partial charge in [0.05, 0.1) is 18.2 Å². The number of likely N-dealkylation sites (N-methyl/N-ethyl adjacent to an activating group) is 1. The highest BCUT2D eigenvalue weighted by atomic mass is 16.5. The Labute approximate surface area is 108 Å². The third kappa shape index (κ3) is 2.20. The number of hydrogen-bond acceptors (Lipinski definition) is 5. The van der Waals surface area contributed by atoms with Crippen LogP contribution in [0.5, 0.6) is 0 Å². The highest BCUT2D eigenvalue weighted by molar-refractivity contribution is 5.29. The van der Waals surface area contributed by atoms with Gasteiger partial charge in [-0.1, -0.05) is 0 Å². The second-order valence-electron chi connectivity index (χ2n) is 5.29. The van der Waals surface area contributed by atoms with Crippen LogP contribution in [-0.2, 0) is 4.74 Å². The molecule has 5 heteroatoms. The number of aromatic nitrogens is 2. The summed E-state index contributed by atoms with van der Waals surface area (Å²) in [7, 11) is 2.05. The van der Waals surface area contributed by atoms with Gasteiger partial charge in [0.1, 0.15) is 0 Å². The number of piperidine rings is 1. The molecular weight excluding hydrogens is 228 g/mol. The summed E-state index contributed by atoms with van der Waals surface area (Å²) in [5.74, 6) is 0.784. The van der Waals surface area contributed by atoms with Crippen molar-refractivity contribution >= 4 is 5.95 Å². The van der Waals surface area contributed by atoms with Crippen LogP contribution in [0.4, 0.5) is 5.95 Å². The molecule has 0 radical (unpaired) electrons. The van der Waals surface area contributed by atoms with E-state index in [9.17, 15) is 0 Å². The molecule has 1 aromatic rings. The fourth-order valence-corrected chi connectivity index (χ4v) is 2.94. The van der Waals surface area contributed by atoms with Crippen molar-refractivity contribution in [3.05, 3.63) is 18.5 Å². The summed E-state index contributed by atoms with van der Waals surface area (Å²) in [5.41, 5.74) is 0.0476. The van der Waals surface area contributed by atoms with Gasteiger partial charge in [-0.15, -0.1) is 0 Å². The molecule has 5 nitrogen and oxygen atoms in total. The molecule has 2 fully saturated rings. The van der Waals surface area contributed by atoms with Crippen LogP contribution in [0.3, 0.4) is 0 Å². The molecule has 0 unspecified atom stereocenters. The summed E-state index contributed by atoms with van der Waals surface area (Å²) >= 11 is 0. The monoisotopic (exact) mass is 248 g/mol. The highest BCUT2D eigenvalue weighted by Crippen LogP contribution is 2.34. The van der Waals surface area contributed by atoms with E-state index in [1.54, 1.807) is 12.4 Å². The summed E-state index contributed by atoms with van der Waals surface area (Å²) in [6.45, 7) is 2.87. The smallest absolute Gasteiger partial charge is 0.225 e. The van der Waals surface area contributed by atoms with E-state index in [0.717, 1.165) is 32.1 Å². The molecule has 1 N–H and O–H groups in total. The minimum atomic E-state index is 0.0476. The lowest BCUT2D eigenvalue weighted by Gasteiger charge is -2.33. The van der Waals surface area contributed by atoms with E-state index in [4.69, 9.17) is 4.74 Å². The molecule has 2 aliphatic rings. The van der Waals surface area contributed by atoms with Crippen molar-refractivity contribution in [1.82, 2.24) is 15.3 Å². The second-order valence-corrected chi connectivity index (χ2v) is 5.29. The number of nitrogens with one attached hydrogen (secondary N) is 1. The van der Waals surface area contributed by atoms with Gasteiger partial charge in [-0.05, 0) is 25.5 Å². The molecule has 0 aromatic carbocycles. The average Bonchev–Trinajstić information content (AvgIpc) is 2.83. The average molecular weight is 248 g/mol. The number of ether oxygens (including phenoxy) is 1. The molecule has 2 aliphatic heterocycles. The van der Waals surface area contributed by atoms with Gasteiger partial charge in [-0.3, -0.25) is 0 Å². The fourth-order valence-electron chi connectivity index (χ4n) is 2.94. The lowest BCUT2D eigenvalue weighted by atomic mass is 9.89. The third-order valence-corrected chi connectivity index (χ3v) is 4.04. The predicted octanol–water partition coefficient (Wildman–Crippen LogP) is 0.824. The van der Waals surface area contributed by atoms with Crippen LogP contribution in [0.25, 0.3) is 0 Å². The highest BCUT2D eigenvalue weighted by Gasteiger charge is 2.42. The molecule has 1 aromatic heterocycles. The normalized spacial score (nSPS) is 31.7. The van der Waals surface area contributed by atoms with Crippen molar-refractivity contribution in [2.75, 3.05) is 31.6 Å². The molecule has 2 atom stereocenters. The van der Waals surface area contributed by atoms with Crippen molar-refractivity contribution in [3.63, 3.8) is 0 Å². The molecule has 0 saturated carbocycles. The van der Waals surface area contributed by atoms with E-state index in [-0.39, 0.29) is 5.60 Å². The molecule has 98 valence electrons. The largest absolute Gasteiger partial charge is 0.371 e. The Morgan fingerprint density at radius 3 is 3.00 bits per heavy atom. The van der Waals surface area contributed by atoms with E-state index >= 15 is 0 Å². The van der Waals surface area contributed by atoms with Crippen LogP contribution in [0.15, 0.2) is 18.5 Å². The maximum atomic E-state index is 6.08. The van der Waals surface area contributed by atoms with Crippen molar-refractivity contribution in [2.45, 2.75) is 30.9 Å². The zero-order chi connectivity index (χ0) is 12.4. The van der Waals surface area contributed by atoms with Crippen LogP contribution in [0, 0.1) is 0 Å². The first-order chi connectivity index (χ1) is 8.79. The molecular formula is C13H20N4O. The van der Waals surface area contributed by atoms with Crippen molar-refractivity contribution in [1.29, 1.82) is 0 Å². The maximum Gasteiger partial charge on any atom is 0.225 e. The quantitative estimate of drug-likeness (QED) is 0.840. The molecule has 18 heavy (non-hydrogen) atoms. The van der Waals surface area contributed by atoms with Crippen molar-refractivity contribution in [3.8, 4) is 0 Å². The van der Waals surface area contributed by atoms with Crippen molar-refractivity contribution < 1.29 is 4.74 Å². The van der Waals surface area contributed by atoms with E-state index in [0.29, 0.717) is 6.04 Å². The van der Waals surface area contributed by atoms with Gasteiger partial charge in [0.15, 0.2) is 0 Å². The van der Waals surface area contributed by atoms with Gasteiger partial charge in [-0.25, -0.2) is 9.97 Å². The Kier molecular flexibility index (Phi) is 3.18. The summed E-state index contributed by atoms with van der Waals surface area (Å²) < 4.78 is 6.08. The van der Waals surface area contributed by atoms with Gasteiger partial charge >= 0.3 is 0 Å². The van der Waals surface area contributed by atoms with Crippen LogP contribution in [-0.4, -0.2) is 48.4 Å². The van der Waals surface area contributed by atoms with Crippen LogP contribution in [0.2, 0.25) is 0 Å². The molecule has 2 saturated heterocycles. The van der Waals surface area contributed by atoms with E-state index in [1.165, 1.54) is 12.8 Å². The first-order valence-electron chi connectivity index (χ1n) is 6.64. The van der Waals surface area contributed by atoms with E-state index in [1.807, 2.05) is 6.07 Å². The summed E-state index contributed by atoms with van der Waals surface area (Å²) in [6.07, 6.45) is 7.01. The van der Waals surface area contributed by atoms with Gasteiger partial charge in [0.2, 0.25) is 5.95 Å². The zero-order valence-electron chi connectivity index (χ0n) is 10.8. The number of rotatable bonds is 2. The van der Waals surface area contributed by atoms with E-state index in [2.05, 4.69) is 27.2 Å². The van der Waals surface area contributed by atoms with Gasteiger partial charge in [-0.2, -0.15) is 0 Å². The van der Waals surface area contributed by atoms with E-state index < -0.39 is 0 Å². The second kappa shape index (κ2) is 4.82. The number of hydrogen-bond donors (Lipinski definition) is 1. The molecule has 0 aliphatic carbocycles. The Bertz CT molecular complexity index is 391. The lowest BCUT2D eigenvalue weighted by molar-refractivity contribution is -0.0139. The lowest BCUT2D eigenvalue weighted by Crippen LogP contribution is -2.46. The first kappa shape index (κ1) is 11.9. The Balaban J connectivity index is 1.68. The number of nitrogens with zero attached hydrogens (tertiary/aromatic N) is 3. The summed E-state index contributed by atoms with van der Waals surface area (Å²) in [4.78, 5) is 10.7. The molecule has 3 heterocycles. The van der Waals surface area contributed by atoms with Gasteiger partial charge in [0, 0.05) is 32.4 Å². The Morgan fingerprint density at radius 1 is 1.44 bits per heavy atom. The van der Waals surface area contributed by atoms with Crippen molar-refractivity contribution in [2.24, 2.45) is 0 Å². The maximum absolute atomic E-state index is 6.08. The van der Waals surface area contributed by atoms with Crippen LogP contribution in [0.1, 0.15) is 19.3 Å². The first-order valence-corrected chi connectivity index (χ1v) is 6.64. The predicted molar refractivity (Wildman–Crippen MR) is 69.6 cm³/mol. The Hall–Kier alpha value is -1.20. The van der Waals surface area contributed by atoms with Gasteiger partial charge in [0.25, 0.3) is 0 Å². The molecule has 3 rings (SSSR count). The van der Waals surface area contributed by atoms with Gasteiger partial charge < -0.3 is 15.0 Å². The zero-order valence-corrected chi connectivity index (χ0v) is 10.8. The topological polar surface area (TPSA) is 50.3 Å². The van der Waals surface area contributed by atoms with Crippen LogP contribution >= 0.6 is 0 Å². The molecule has 1 spiro atoms. The third-order valence-electron chi connectivity index (χ3n) is 4.04.